The Balaban J connectivity index is 1.66. The number of benzene rings is 1. The van der Waals surface area contributed by atoms with Gasteiger partial charge in [0.2, 0.25) is 0 Å². The third-order valence-electron chi connectivity index (χ3n) is 2.74. The smallest absolute Gasteiger partial charge is 0.199 e. The van der Waals surface area contributed by atoms with Gasteiger partial charge in [0, 0.05) is 11.6 Å². The Hall–Kier alpha value is -2.21. The SMILES string of the molecule is Clc1ccc(CCNc2cncc3nnnn23)cc1. The number of hydrogen-bond donors (Lipinski definition) is 1. The van der Waals surface area contributed by atoms with Crippen LogP contribution in [0.15, 0.2) is 36.7 Å². The molecule has 0 unspecified atom stereocenters. The summed E-state index contributed by atoms with van der Waals surface area (Å²) in [6.07, 6.45) is 4.20. The number of anilines is 1. The largest absolute Gasteiger partial charge is 0.368 e. The molecular weight excluding hydrogens is 264 g/mol. The molecule has 96 valence electrons. The molecule has 0 saturated carbocycles. The Kier molecular flexibility index (Phi) is 3.24. The first-order valence-corrected chi connectivity index (χ1v) is 6.21. The average molecular weight is 275 g/mol. The van der Waals surface area contributed by atoms with Gasteiger partial charge in [0.1, 0.15) is 5.82 Å². The lowest BCUT2D eigenvalue weighted by Crippen LogP contribution is -2.09. The van der Waals surface area contributed by atoms with E-state index < -0.39 is 0 Å². The molecule has 0 radical (unpaired) electrons. The first-order chi connectivity index (χ1) is 9.33. The Morgan fingerprint density at radius 3 is 2.84 bits per heavy atom. The maximum Gasteiger partial charge on any atom is 0.199 e. The van der Waals surface area contributed by atoms with Gasteiger partial charge in [0.25, 0.3) is 0 Å². The van der Waals surface area contributed by atoms with Crippen molar-refractivity contribution in [3.8, 4) is 0 Å². The standard InChI is InChI=1S/C12H11ClN6/c13-10-3-1-9(2-4-10)5-6-15-11-7-14-8-12-16-17-18-19(11)12/h1-4,7-8,15H,5-6H2. The van der Waals surface area contributed by atoms with Crippen LogP contribution in [-0.2, 0) is 6.42 Å². The third-order valence-corrected chi connectivity index (χ3v) is 2.99. The topological polar surface area (TPSA) is 68.0 Å². The van der Waals surface area contributed by atoms with Crippen molar-refractivity contribution >= 4 is 23.1 Å². The highest BCUT2D eigenvalue weighted by atomic mass is 35.5. The minimum absolute atomic E-state index is 0.622. The zero-order chi connectivity index (χ0) is 13.1. The van der Waals surface area contributed by atoms with E-state index in [1.165, 1.54) is 5.56 Å². The Morgan fingerprint density at radius 2 is 2.00 bits per heavy atom. The molecule has 2 aromatic heterocycles. The number of halogens is 1. The quantitative estimate of drug-likeness (QED) is 0.786. The van der Waals surface area contributed by atoms with Crippen molar-refractivity contribution in [1.82, 2.24) is 25.0 Å². The van der Waals surface area contributed by atoms with Crippen LogP contribution in [0.25, 0.3) is 5.65 Å². The van der Waals surface area contributed by atoms with Crippen LogP contribution in [0.5, 0.6) is 0 Å². The minimum Gasteiger partial charge on any atom is -0.368 e. The maximum absolute atomic E-state index is 5.85. The Bertz CT molecular complexity index is 678. The van der Waals surface area contributed by atoms with Gasteiger partial charge < -0.3 is 5.32 Å². The van der Waals surface area contributed by atoms with Crippen molar-refractivity contribution in [2.24, 2.45) is 0 Å². The summed E-state index contributed by atoms with van der Waals surface area (Å²) in [6.45, 7) is 0.766. The molecule has 0 bridgehead atoms. The molecular formula is C12H11ClN6. The van der Waals surface area contributed by atoms with E-state index >= 15 is 0 Å². The highest BCUT2D eigenvalue weighted by Crippen LogP contribution is 2.10. The second-order valence-corrected chi connectivity index (χ2v) is 4.48. The van der Waals surface area contributed by atoms with E-state index in [1.54, 1.807) is 16.9 Å². The molecule has 0 aliphatic rings. The number of nitrogens with zero attached hydrogens (tertiary/aromatic N) is 5. The van der Waals surface area contributed by atoms with Crippen molar-refractivity contribution in [1.29, 1.82) is 0 Å². The van der Waals surface area contributed by atoms with Crippen molar-refractivity contribution in [3.63, 3.8) is 0 Å². The summed E-state index contributed by atoms with van der Waals surface area (Å²) in [5, 5.41) is 15.3. The highest BCUT2D eigenvalue weighted by Gasteiger charge is 2.02. The van der Waals surface area contributed by atoms with E-state index in [0.717, 1.165) is 23.8 Å². The normalized spacial score (nSPS) is 10.8. The molecule has 0 atom stereocenters. The lowest BCUT2D eigenvalue weighted by atomic mass is 10.1. The van der Waals surface area contributed by atoms with Crippen LogP contribution in [-0.4, -0.2) is 31.6 Å². The Morgan fingerprint density at radius 1 is 1.16 bits per heavy atom. The molecule has 0 saturated heterocycles. The molecule has 7 heteroatoms. The van der Waals surface area contributed by atoms with Gasteiger partial charge in [-0.25, -0.2) is 0 Å². The van der Waals surface area contributed by atoms with Gasteiger partial charge in [-0.2, -0.15) is 4.52 Å². The van der Waals surface area contributed by atoms with Crippen LogP contribution in [0.2, 0.25) is 5.02 Å². The fourth-order valence-electron chi connectivity index (χ4n) is 1.78. The van der Waals surface area contributed by atoms with Crippen molar-refractivity contribution in [2.45, 2.75) is 6.42 Å². The monoisotopic (exact) mass is 274 g/mol. The molecule has 0 fully saturated rings. The predicted octanol–water partition coefficient (Wildman–Crippen LogP) is 1.83. The van der Waals surface area contributed by atoms with Gasteiger partial charge in [-0.15, -0.1) is 5.10 Å². The van der Waals surface area contributed by atoms with E-state index in [4.69, 9.17) is 11.6 Å². The number of hydrogen-bond acceptors (Lipinski definition) is 5. The number of rotatable bonds is 4. The molecule has 0 amide bonds. The lowest BCUT2D eigenvalue weighted by molar-refractivity contribution is 0.818. The predicted molar refractivity (Wildman–Crippen MR) is 72.2 cm³/mol. The molecule has 1 aromatic carbocycles. The minimum atomic E-state index is 0.622. The van der Waals surface area contributed by atoms with Crippen LogP contribution in [0.1, 0.15) is 5.56 Å². The van der Waals surface area contributed by atoms with Crippen LogP contribution >= 0.6 is 11.6 Å². The molecule has 3 rings (SSSR count). The zero-order valence-electron chi connectivity index (χ0n) is 9.99. The molecule has 0 aliphatic carbocycles. The molecule has 1 N–H and O–H groups in total. The van der Waals surface area contributed by atoms with E-state index in [9.17, 15) is 0 Å². The van der Waals surface area contributed by atoms with Crippen molar-refractivity contribution in [2.75, 3.05) is 11.9 Å². The molecule has 0 aliphatic heterocycles. The van der Waals surface area contributed by atoms with E-state index in [-0.39, 0.29) is 0 Å². The maximum atomic E-state index is 5.85. The zero-order valence-corrected chi connectivity index (χ0v) is 10.7. The number of fused-ring (bicyclic) bond motifs is 1. The molecule has 0 spiro atoms. The summed E-state index contributed by atoms with van der Waals surface area (Å²) in [7, 11) is 0. The van der Waals surface area contributed by atoms with Crippen LogP contribution in [0, 0.1) is 0 Å². The van der Waals surface area contributed by atoms with Gasteiger partial charge in [0.15, 0.2) is 5.65 Å². The highest BCUT2D eigenvalue weighted by molar-refractivity contribution is 6.30. The summed E-state index contributed by atoms with van der Waals surface area (Å²) < 4.78 is 1.62. The van der Waals surface area contributed by atoms with Gasteiger partial charge >= 0.3 is 0 Å². The van der Waals surface area contributed by atoms with E-state index in [1.807, 2.05) is 24.3 Å². The van der Waals surface area contributed by atoms with Crippen LogP contribution < -0.4 is 5.32 Å². The number of aromatic nitrogens is 5. The summed E-state index contributed by atoms with van der Waals surface area (Å²) in [5.41, 5.74) is 1.84. The Labute approximate surface area is 114 Å². The summed E-state index contributed by atoms with van der Waals surface area (Å²) >= 11 is 5.85. The first kappa shape index (κ1) is 11.9. The summed E-state index contributed by atoms with van der Waals surface area (Å²) in [6, 6.07) is 7.81. The molecule has 19 heavy (non-hydrogen) atoms. The average Bonchev–Trinajstić information content (AvgIpc) is 2.90. The van der Waals surface area contributed by atoms with Crippen molar-refractivity contribution in [3.05, 3.63) is 47.2 Å². The first-order valence-electron chi connectivity index (χ1n) is 5.83. The summed E-state index contributed by atoms with van der Waals surface area (Å²) in [4.78, 5) is 4.08. The van der Waals surface area contributed by atoms with Gasteiger partial charge in [-0.05, 0) is 34.5 Å². The van der Waals surface area contributed by atoms with E-state index in [0.29, 0.717) is 5.65 Å². The lowest BCUT2D eigenvalue weighted by Gasteiger charge is -2.06. The van der Waals surface area contributed by atoms with E-state index in [2.05, 4.69) is 25.8 Å². The van der Waals surface area contributed by atoms with Gasteiger partial charge in [0.05, 0.1) is 12.4 Å². The van der Waals surface area contributed by atoms with Gasteiger partial charge in [-0.3, -0.25) is 4.98 Å². The number of tetrazole rings is 1. The molecule has 6 nitrogen and oxygen atoms in total. The van der Waals surface area contributed by atoms with Gasteiger partial charge in [-0.1, -0.05) is 23.7 Å². The fraction of sp³-hybridized carbons (Fsp3) is 0.167. The second kappa shape index (κ2) is 5.19. The van der Waals surface area contributed by atoms with Crippen LogP contribution in [0.4, 0.5) is 5.82 Å². The van der Waals surface area contributed by atoms with Crippen LogP contribution in [0.3, 0.4) is 0 Å². The second-order valence-electron chi connectivity index (χ2n) is 4.04. The van der Waals surface area contributed by atoms with Crippen molar-refractivity contribution < 1.29 is 0 Å². The summed E-state index contributed by atoms with van der Waals surface area (Å²) in [5.74, 6) is 0.775. The number of nitrogens with one attached hydrogen (secondary N) is 1. The third kappa shape index (κ3) is 2.63. The molecule has 3 aromatic rings. The fourth-order valence-corrected chi connectivity index (χ4v) is 1.91. The molecule has 2 heterocycles.